The van der Waals surface area contributed by atoms with Crippen LogP contribution in [0, 0.1) is 11.8 Å². The molecule has 7 heteroatoms. The Morgan fingerprint density at radius 1 is 0.741 bits per heavy atom. The van der Waals surface area contributed by atoms with Crippen molar-refractivity contribution in [3.05, 3.63) is 0 Å². The summed E-state index contributed by atoms with van der Waals surface area (Å²) in [5.74, 6) is -1.43. The Hall–Kier alpha value is -1.18. The molecule has 0 unspecified atom stereocenters. The summed E-state index contributed by atoms with van der Waals surface area (Å²) in [6.07, 6.45) is 3.77. The standard InChI is InChI=1S/C20H36N2O5/c1-18(2,14-6-10-21-11-7-14)26-16(23)20(5,25)17(24)27-19(3,4)15-8-12-22-13-9-15/h14-15,21-22,25H,6-13H2,1-5H3/p+2. The summed E-state index contributed by atoms with van der Waals surface area (Å²) in [7, 11) is 0. The minimum Gasteiger partial charge on any atom is -0.457 e. The summed E-state index contributed by atoms with van der Waals surface area (Å²) < 4.78 is 11.2. The van der Waals surface area contributed by atoms with Crippen molar-refractivity contribution < 1.29 is 34.8 Å². The van der Waals surface area contributed by atoms with E-state index in [1.54, 1.807) is 0 Å². The summed E-state index contributed by atoms with van der Waals surface area (Å²) >= 11 is 0. The molecule has 2 fully saturated rings. The fourth-order valence-corrected chi connectivity index (χ4v) is 4.17. The van der Waals surface area contributed by atoms with E-state index in [0.717, 1.165) is 51.9 Å². The minimum atomic E-state index is -2.31. The lowest BCUT2D eigenvalue weighted by Crippen LogP contribution is -2.86. The molecule has 0 bridgehead atoms. The van der Waals surface area contributed by atoms with Crippen LogP contribution in [0.5, 0.6) is 0 Å². The van der Waals surface area contributed by atoms with Gasteiger partial charge in [0.1, 0.15) is 11.2 Å². The lowest BCUT2D eigenvalue weighted by molar-refractivity contribution is -0.666. The largest absolute Gasteiger partial charge is 0.457 e. The number of rotatable bonds is 6. The number of quaternary nitrogens is 2. The smallest absolute Gasteiger partial charge is 0.350 e. The second-order valence-electron chi connectivity index (χ2n) is 9.34. The molecule has 5 N–H and O–H groups in total. The zero-order valence-corrected chi connectivity index (χ0v) is 17.5. The van der Waals surface area contributed by atoms with Crippen LogP contribution in [-0.4, -0.2) is 60.0 Å². The third-order valence-electron chi connectivity index (χ3n) is 6.35. The number of hydrogen-bond donors (Lipinski definition) is 3. The van der Waals surface area contributed by atoms with Gasteiger partial charge in [0, 0.05) is 37.5 Å². The zero-order chi connectivity index (χ0) is 20.3. The molecule has 156 valence electrons. The van der Waals surface area contributed by atoms with Gasteiger partial charge in [-0.2, -0.15) is 0 Å². The molecule has 0 aromatic carbocycles. The summed E-state index contributed by atoms with van der Waals surface area (Å²) in [5, 5.41) is 15.1. The second kappa shape index (κ2) is 8.45. The van der Waals surface area contributed by atoms with E-state index in [9.17, 15) is 14.7 Å². The molecule has 7 nitrogen and oxygen atoms in total. The number of carbonyl (C=O) groups is 2. The van der Waals surface area contributed by atoms with Gasteiger partial charge in [0.15, 0.2) is 0 Å². The van der Waals surface area contributed by atoms with Crippen LogP contribution in [0.4, 0.5) is 0 Å². The lowest BCUT2D eigenvalue weighted by Gasteiger charge is -2.39. The van der Waals surface area contributed by atoms with Gasteiger partial charge < -0.3 is 25.2 Å². The van der Waals surface area contributed by atoms with Gasteiger partial charge in [-0.15, -0.1) is 0 Å². The Kier molecular flexibility index (Phi) is 6.92. The van der Waals surface area contributed by atoms with Gasteiger partial charge in [-0.05, 0) is 34.6 Å². The van der Waals surface area contributed by atoms with Crippen molar-refractivity contribution in [2.45, 2.75) is 77.1 Å². The fraction of sp³-hybridized carbons (Fsp3) is 0.900. The summed E-state index contributed by atoms with van der Waals surface area (Å²) in [6, 6.07) is 0. The number of carbonyl (C=O) groups excluding carboxylic acids is 2. The molecule has 0 aromatic rings. The number of esters is 2. The van der Waals surface area contributed by atoms with Crippen LogP contribution < -0.4 is 10.6 Å². The number of ether oxygens (including phenoxy) is 2. The maximum atomic E-state index is 12.6. The number of nitrogens with two attached hydrogens (primary N) is 2. The molecule has 0 amide bonds. The minimum absolute atomic E-state index is 0.216. The van der Waals surface area contributed by atoms with Gasteiger partial charge >= 0.3 is 11.9 Å². The molecule has 2 aliphatic rings. The van der Waals surface area contributed by atoms with Crippen LogP contribution in [0.2, 0.25) is 0 Å². The molecule has 2 aliphatic heterocycles. The number of piperidine rings is 2. The van der Waals surface area contributed by atoms with Crippen LogP contribution in [0.3, 0.4) is 0 Å². The van der Waals surface area contributed by atoms with Gasteiger partial charge in [0.05, 0.1) is 26.2 Å². The van der Waals surface area contributed by atoms with Gasteiger partial charge in [-0.1, -0.05) is 0 Å². The Balaban J connectivity index is 1.99. The van der Waals surface area contributed by atoms with E-state index in [1.165, 1.54) is 6.92 Å². The van der Waals surface area contributed by atoms with Gasteiger partial charge in [-0.25, -0.2) is 9.59 Å². The topological polar surface area (TPSA) is 106 Å². The van der Waals surface area contributed by atoms with Gasteiger partial charge in [0.2, 0.25) is 0 Å². The highest BCUT2D eigenvalue weighted by Gasteiger charge is 2.49. The predicted octanol–water partition coefficient (Wildman–Crippen LogP) is -0.672. The van der Waals surface area contributed by atoms with Crippen LogP contribution in [0.1, 0.15) is 60.3 Å². The first-order valence-electron chi connectivity index (χ1n) is 10.3. The summed E-state index contributed by atoms with van der Waals surface area (Å²) in [6.45, 7) is 12.6. The van der Waals surface area contributed by atoms with Crippen molar-refractivity contribution in [1.29, 1.82) is 0 Å². The predicted molar refractivity (Wildman–Crippen MR) is 99.7 cm³/mol. The molecule has 0 spiro atoms. The van der Waals surface area contributed by atoms with Crippen molar-refractivity contribution in [3.63, 3.8) is 0 Å². The van der Waals surface area contributed by atoms with Crippen molar-refractivity contribution in [1.82, 2.24) is 0 Å². The molecular formula is C20H38N2O5+2. The Morgan fingerprint density at radius 2 is 1.04 bits per heavy atom. The summed E-state index contributed by atoms with van der Waals surface area (Å²) in [5.41, 5.74) is -3.77. The first kappa shape index (κ1) is 22.1. The lowest BCUT2D eigenvalue weighted by atomic mass is 9.83. The number of hydrogen-bond acceptors (Lipinski definition) is 5. The highest BCUT2D eigenvalue weighted by molar-refractivity contribution is 6.03. The van der Waals surface area contributed by atoms with Crippen molar-refractivity contribution >= 4 is 11.9 Å². The van der Waals surface area contributed by atoms with E-state index < -0.39 is 28.7 Å². The molecule has 0 aliphatic carbocycles. The molecule has 2 heterocycles. The molecule has 0 atom stereocenters. The monoisotopic (exact) mass is 386 g/mol. The molecule has 27 heavy (non-hydrogen) atoms. The fourth-order valence-electron chi connectivity index (χ4n) is 4.17. The highest BCUT2D eigenvalue weighted by atomic mass is 16.6. The number of aliphatic hydroxyl groups is 1. The summed E-state index contributed by atoms with van der Waals surface area (Å²) in [4.78, 5) is 25.3. The van der Waals surface area contributed by atoms with Crippen LogP contribution in [0.15, 0.2) is 0 Å². The van der Waals surface area contributed by atoms with Crippen LogP contribution in [0.25, 0.3) is 0 Å². The SMILES string of the molecule is CC(O)(C(=O)OC(C)(C)C1CC[NH2+]CC1)C(=O)OC(C)(C)C1CC[NH2+]CC1. The average Bonchev–Trinajstić information content (AvgIpc) is 2.62. The maximum absolute atomic E-state index is 12.6. The van der Waals surface area contributed by atoms with E-state index >= 15 is 0 Å². The Bertz CT molecular complexity index is 486. The van der Waals surface area contributed by atoms with E-state index in [1.807, 2.05) is 27.7 Å². The van der Waals surface area contributed by atoms with E-state index in [4.69, 9.17) is 9.47 Å². The molecule has 0 aromatic heterocycles. The molecular weight excluding hydrogens is 348 g/mol. The molecule has 0 radical (unpaired) electrons. The first-order valence-corrected chi connectivity index (χ1v) is 10.3. The Morgan fingerprint density at radius 3 is 1.33 bits per heavy atom. The third kappa shape index (κ3) is 5.42. The zero-order valence-electron chi connectivity index (χ0n) is 17.5. The van der Waals surface area contributed by atoms with Gasteiger partial charge in [0.25, 0.3) is 5.60 Å². The Labute approximate surface area is 162 Å². The first-order chi connectivity index (χ1) is 12.5. The van der Waals surface area contributed by atoms with E-state index in [0.29, 0.717) is 0 Å². The maximum Gasteiger partial charge on any atom is 0.350 e. The van der Waals surface area contributed by atoms with Crippen molar-refractivity contribution in [2.75, 3.05) is 26.2 Å². The van der Waals surface area contributed by atoms with Crippen LogP contribution >= 0.6 is 0 Å². The van der Waals surface area contributed by atoms with Crippen molar-refractivity contribution in [3.8, 4) is 0 Å². The van der Waals surface area contributed by atoms with E-state index in [-0.39, 0.29) is 11.8 Å². The van der Waals surface area contributed by atoms with Crippen molar-refractivity contribution in [2.24, 2.45) is 11.8 Å². The molecule has 2 saturated heterocycles. The average molecular weight is 387 g/mol. The highest BCUT2D eigenvalue weighted by Crippen LogP contribution is 2.32. The third-order valence-corrected chi connectivity index (χ3v) is 6.35. The normalized spacial score (nSPS) is 21.0. The quantitative estimate of drug-likeness (QED) is 0.415. The second-order valence-corrected chi connectivity index (χ2v) is 9.34. The van der Waals surface area contributed by atoms with Gasteiger partial charge in [-0.3, -0.25) is 0 Å². The van der Waals surface area contributed by atoms with E-state index in [2.05, 4.69) is 10.6 Å². The van der Waals surface area contributed by atoms with Crippen LogP contribution in [-0.2, 0) is 19.1 Å². The molecule has 0 saturated carbocycles. The molecule has 2 rings (SSSR count).